The number of rotatable bonds is 3. The standard InChI is InChI=1S/C8H13NO6P2/c1-5-2-3-6(7(9)4-5)8(16(10,11)12)17(13,14)15/h2-4,8H,9H2,1H3,(H2,10,11,12)(H2,13,14,15). The van der Waals surface area contributed by atoms with Crippen molar-refractivity contribution in [2.24, 2.45) is 0 Å². The van der Waals surface area contributed by atoms with E-state index in [0.29, 0.717) is 0 Å². The third-order valence-corrected chi connectivity index (χ3v) is 5.79. The molecule has 0 fully saturated rings. The highest BCUT2D eigenvalue weighted by atomic mass is 31.2. The number of hydrogen-bond acceptors (Lipinski definition) is 3. The topological polar surface area (TPSA) is 141 Å². The van der Waals surface area contributed by atoms with E-state index in [2.05, 4.69) is 0 Å². The van der Waals surface area contributed by atoms with Crippen molar-refractivity contribution in [3.8, 4) is 0 Å². The molecule has 0 spiro atoms. The first-order valence-corrected chi connectivity index (χ1v) is 7.86. The fraction of sp³-hybridized carbons (Fsp3) is 0.250. The lowest BCUT2D eigenvalue weighted by Crippen LogP contribution is -2.05. The third kappa shape index (κ3) is 3.39. The quantitative estimate of drug-likeness (QED) is 0.410. The zero-order chi connectivity index (χ0) is 13.4. The summed E-state index contributed by atoms with van der Waals surface area (Å²) in [7, 11) is -10.0. The summed E-state index contributed by atoms with van der Waals surface area (Å²) in [5, 5.41) is -2.21. The second kappa shape index (κ2) is 4.53. The normalized spacial score (nSPS) is 13.1. The molecule has 1 aromatic carbocycles. The molecule has 0 unspecified atom stereocenters. The zero-order valence-electron chi connectivity index (χ0n) is 8.89. The van der Waals surface area contributed by atoms with Crippen LogP contribution in [0, 0.1) is 6.92 Å². The number of benzene rings is 1. The van der Waals surface area contributed by atoms with Gasteiger partial charge in [0.2, 0.25) is 0 Å². The van der Waals surface area contributed by atoms with Crippen molar-refractivity contribution >= 4 is 20.9 Å². The van der Waals surface area contributed by atoms with Crippen LogP contribution in [0.15, 0.2) is 18.2 Å². The van der Waals surface area contributed by atoms with Crippen LogP contribution in [-0.2, 0) is 9.13 Å². The Hall–Kier alpha value is -0.680. The van der Waals surface area contributed by atoms with Crippen LogP contribution in [0.25, 0.3) is 0 Å². The van der Waals surface area contributed by atoms with E-state index in [1.54, 1.807) is 6.92 Å². The summed E-state index contributed by atoms with van der Waals surface area (Å²) >= 11 is 0. The Balaban J connectivity index is 3.44. The Bertz CT molecular complexity index is 497. The highest BCUT2D eigenvalue weighted by Gasteiger charge is 2.45. The molecule has 0 aliphatic carbocycles. The van der Waals surface area contributed by atoms with Gasteiger partial charge in [0.1, 0.15) is 0 Å². The van der Waals surface area contributed by atoms with Crippen LogP contribution in [0.5, 0.6) is 0 Å². The van der Waals surface area contributed by atoms with E-state index in [-0.39, 0.29) is 11.3 Å². The molecule has 0 heterocycles. The Morgan fingerprint density at radius 2 is 1.59 bits per heavy atom. The van der Waals surface area contributed by atoms with Gasteiger partial charge in [0.05, 0.1) is 0 Å². The van der Waals surface area contributed by atoms with E-state index >= 15 is 0 Å². The molecule has 0 saturated heterocycles. The Morgan fingerprint density at radius 1 is 1.12 bits per heavy atom. The molecule has 0 amide bonds. The largest absolute Gasteiger partial charge is 0.398 e. The van der Waals surface area contributed by atoms with Gasteiger partial charge in [0.15, 0.2) is 5.40 Å². The highest BCUT2D eigenvalue weighted by molar-refractivity contribution is 7.70. The van der Waals surface area contributed by atoms with Gasteiger partial charge in [-0.05, 0) is 18.6 Å². The van der Waals surface area contributed by atoms with E-state index in [1.165, 1.54) is 18.2 Å². The molecule has 0 atom stereocenters. The molecule has 96 valence electrons. The van der Waals surface area contributed by atoms with E-state index in [1.807, 2.05) is 0 Å². The summed E-state index contributed by atoms with van der Waals surface area (Å²) in [4.78, 5) is 36.1. The molecule has 1 rings (SSSR count). The van der Waals surface area contributed by atoms with Crippen LogP contribution in [0.1, 0.15) is 16.5 Å². The summed E-state index contributed by atoms with van der Waals surface area (Å²) in [6.07, 6.45) is 0. The summed E-state index contributed by atoms with van der Waals surface area (Å²) < 4.78 is 22.3. The van der Waals surface area contributed by atoms with E-state index in [4.69, 9.17) is 25.3 Å². The smallest absolute Gasteiger partial charge is 0.345 e. The number of nitrogen functional groups attached to an aromatic ring is 1. The van der Waals surface area contributed by atoms with Gasteiger partial charge in [-0.3, -0.25) is 9.13 Å². The van der Waals surface area contributed by atoms with Crippen molar-refractivity contribution in [1.82, 2.24) is 0 Å². The SMILES string of the molecule is Cc1ccc(C(P(=O)(O)O)P(=O)(O)O)c(N)c1. The second-order valence-electron chi connectivity index (χ2n) is 3.68. The lowest BCUT2D eigenvalue weighted by molar-refractivity contribution is 0.340. The minimum Gasteiger partial charge on any atom is -0.398 e. The molecule has 0 aromatic heterocycles. The molecule has 0 aliphatic heterocycles. The minimum absolute atomic E-state index is 0.0540. The average Bonchev–Trinajstić information content (AvgIpc) is 2.04. The predicted octanol–water partition coefficient (Wildman–Crippen LogP) is 0.931. The van der Waals surface area contributed by atoms with Crippen LogP contribution in [0.3, 0.4) is 0 Å². The van der Waals surface area contributed by atoms with Crippen molar-refractivity contribution in [3.63, 3.8) is 0 Å². The van der Waals surface area contributed by atoms with Gasteiger partial charge in [-0.2, -0.15) is 0 Å². The maximum absolute atomic E-state index is 11.2. The van der Waals surface area contributed by atoms with Crippen molar-refractivity contribution in [2.45, 2.75) is 12.3 Å². The fourth-order valence-corrected chi connectivity index (χ4v) is 4.25. The number of aryl methyl sites for hydroxylation is 1. The van der Waals surface area contributed by atoms with Crippen LogP contribution < -0.4 is 5.73 Å². The Labute approximate surface area is 97.6 Å². The minimum atomic E-state index is -5.00. The molecule has 6 N–H and O–H groups in total. The number of anilines is 1. The first kappa shape index (κ1) is 14.4. The lowest BCUT2D eigenvalue weighted by atomic mass is 10.1. The molecular formula is C8H13NO6P2. The van der Waals surface area contributed by atoms with Crippen LogP contribution in [0.2, 0.25) is 0 Å². The van der Waals surface area contributed by atoms with Crippen molar-refractivity contribution in [2.75, 3.05) is 5.73 Å². The molecule has 0 bridgehead atoms. The van der Waals surface area contributed by atoms with Gasteiger partial charge < -0.3 is 25.3 Å². The van der Waals surface area contributed by atoms with Gasteiger partial charge >= 0.3 is 15.2 Å². The molecule has 1 aromatic rings. The molecule has 0 radical (unpaired) electrons. The van der Waals surface area contributed by atoms with E-state index in [0.717, 1.165) is 5.56 Å². The Kier molecular flexibility index (Phi) is 3.84. The summed E-state index contributed by atoms with van der Waals surface area (Å²) in [5.74, 6) is 0. The van der Waals surface area contributed by atoms with Crippen molar-refractivity contribution in [3.05, 3.63) is 29.3 Å². The van der Waals surface area contributed by atoms with E-state index in [9.17, 15) is 9.13 Å². The first-order valence-electron chi connectivity index (χ1n) is 4.50. The molecule has 17 heavy (non-hydrogen) atoms. The van der Waals surface area contributed by atoms with Gasteiger partial charge in [-0.15, -0.1) is 0 Å². The number of hydrogen-bond donors (Lipinski definition) is 5. The summed E-state index contributed by atoms with van der Waals surface area (Å²) in [6.45, 7) is 1.70. The highest BCUT2D eigenvalue weighted by Crippen LogP contribution is 2.70. The van der Waals surface area contributed by atoms with Gasteiger partial charge in [-0.25, -0.2) is 0 Å². The van der Waals surface area contributed by atoms with E-state index < -0.39 is 20.6 Å². The van der Waals surface area contributed by atoms with Crippen molar-refractivity contribution in [1.29, 1.82) is 0 Å². The molecule has 0 saturated carbocycles. The average molecular weight is 281 g/mol. The summed E-state index contributed by atoms with van der Waals surface area (Å²) in [5.41, 5.74) is 5.96. The van der Waals surface area contributed by atoms with Crippen LogP contribution in [-0.4, -0.2) is 19.6 Å². The molecule has 0 aliphatic rings. The molecule has 9 heteroatoms. The van der Waals surface area contributed by atoms with Gasteiger partial charge in [0, 0.05) is 11.3 Å². The lowest BCUT2D eigenvalue weighted by Gasteiger charge is -2.21. The third-order valence-electron chi connectivity index (χ3n) is 2.16. The second-order valence-corrected chi connectivity index (χ2v) is 7.48. The maximum Gasteiger partial charge on any atom is 0.345 e. The van der Waals surface area contributed by atoms with Crippen LogP contribution in [0.4, 0.5) is 5.69 Å². The monoisotopic (exact) mass is 281 g/mol. The zero-order valence-corrected chi connectivity index (χ0v) is 10.7. The fourth-order valence-electron chi connectivity index (χ4n) is 1.49. The predicted molar refractivity (Wildman–Crippen MR) is 62.4 cm³/mol. The first-order chi connectivity index (χ1) is 7.53. The molecule has 7 nitrogen and oxygen atoms in total. The summed E-state index contributed by atoms with van der Waals surface area (Å²) in [6, 6.07) is 4.09. The Morgan fingerprint density at radius 3 is 1.94 bits per heavy atom. The maximum atomic E-state index is 11.2. The van der Waals surface area contributed by atoms with Gasteiger partial charge in [-0.1, -0.05) is 12.1 Å². The number of nitrogens with two attached hydrogens (primary N) is 1. The van der Waals surface area contributed by atoms with Crippen molar-refractivity contribution < 1.29 is 28.7 Å². The molecular weight excluding hydrogens is 268 g/mol. The van der Waals surface area contributed by atoms with Gasteiger partial charge in [0.25, 0.3) is 0 Å². The van der Waals surface area contributed by atoms with Crippen LogP contribution >= 0.6 is 15.2 Å².